The third-order valence-corrected chi connectivity index (χ3v) is 15.8. The monoisotopic (exact) mass is 1220 g/mol. The summed E-state index contributed by atoms with van der Waals surface area (Å²) in [5, 5.41) is 22.9. The van der Waals surface area contributed by atoms with E-state index in [1.807, 2.05) is 69.2 Å². The minimum Gasteiger partial charge on any atom is -0.450 e. The molecule has 1 aliphatic heterocycles. The predicted molar refractivity (Wildman–Crippen MR) is 327 cm³/mol. The van der Waals surface area contributed by atoms with E-state index in [9.17, 15) is 62.6 Å². The maximum atomic E-state index is 15.0. The molecule has 24 nitrogen and oxygen atoms in total. The van der Waals surface area contributed by atoms with Gasteiger partial charge in [-0.2, -0.15) is 0 Å². The van der Waals surface area contributed by atoms with Crippen LogP contribution in [0.25, 0.3) is 0 Å². The van der Waals surface area contributed by atoms with Crippen molar-refractivity contribution in [1.29, 1.82) is 0 Å². The average Bonchev–Trinajstić information content (AvgIpc) is 2.59. The number of amides is 10. The average molecular weight is 1220 g/mol. The van der Waals surface area contributed by atoms with Crippen molar-refractivity contribution in [2.75, 3.05) is 48.8 Å². The van der Waals surface area contributed by atoms with E-state index >= 15 is 0 Å². The fourth-order valence-corrected chi connectivity index (χ4v) is 10.6. The van der Waals surface area contributed by atoms with Gasteiger partial charge in [0.1, 0.15) is 60.7 Å². The molecule has 0 unspecified atom stereocenters. The first-order chi connectivity index (χ1) is 39.7. The summed E-state index contributed by atoms with van der Waals surface area (Å²) in [5.41, 5.74) is 0. The maximum absolute atomic E-state index is 15.0. The van der Waals surface area contributed by atoms with E-state index in [1.165, 1.54) is 75.7 Å². The van der Waals surface area contributed by atoms with Crippen molar-refractivity contribution < 1.29 is 67.4 Å². The lowest BCUT2D eigenvalue weighted by Crippen LogP contribution is -2.63. The summed E-state index contributed by atoms with van der Waals surface area (Å²) >= 11 is 0. The number of cyclic esters (lactones) is 1. The Morgan fingerprint density at radius 3 is 1.26 bits per heavy atom. The highest BCUT2D eigenvalue weighted by molar-refractivity contribution is 5.99. The molecule has 0 aromatic rings. The number of aldehydes is 1. The quantitative estimate of drug-likeness (QED) is 0.103. The highest BCUT2D eigenvalue weighted by Gasteiger charge is 2.45. The Balaban J connectivity index is 4.35. The minimum absolute atomic E-state index is 0.0267. The highest BCUT2D eigenvalue weighted by atomic mass is 16.6. The van der Waals surface area contributed by atoms with Crippen LogP contribution >= 0.6 is 0 Å². The third kappa shape index (κ3) is 22.5. The van der Waals surface area contributed by atoms with Crippen LogP contribution in [0.4, 0.5) is 0 Å². The molecule has 0 aromatic heterocycles. The Hall–Kier alpha value is -6.20. The molecule has 86 heavy (non-hydrogen) atoms. The molecule has 1 heterocycles. The van der Waals surface area contributed by atoms with Crippen LogP contribution < -0.4 is 21.3 Å². The molecular formula is C62H110N10O14. The molecule has 12 atom stereocenters. The maximum Gasteiger partial charge on any atom is 0.329 e. The van der Waals surface area contributed by atoms with Gasteiger partial charge in [-0.05, 0) is 92.8 Å². The second kappa shape index (κ2) is 35.6. The lowest BCUT2D eigenvalue weighted by atomic mass is 9.92. The molecule has 492 valence electrons. The molecule has 0 saturated carbocycles. The summed E-state index contributed by atoms with van der Waals surface area (Å²) in [4.78, 5) is 179. The van der Waals surface area contributed by atoms with Crippen molar-refractivity contribution in [2.45, 2.75) is 229 Å². The van der Waals surface area contributed by atoms with Gasteiger partial charge in [-0.15, -0.1) is 0 Å². The SMILES string of the molecule is CC[C@H]1NC(=O)[C@@H]([C@H](O)[C@H](C)CC=O)N(C)C(=O)[C@@H](C(C)C)N(C)C(=O)[C@@H](CC(C)C)NC(=O)[C@@H](CC(C)C)N(C)C(=O)[C@H](C(C)C)OC(=O)[C@@H](C)NC(=O)[C@@H](CC(C)C)N(C)C(=O)[C@@H](CC(C)C)NC(=O)[C@H](CC(C)C)N(C)C(=O)CN(C)C1=O. The highest BCUT2D eigenvalue weighted by Crippen LogP contribution is 2.24. The zero-order valence-electron chi connectivity index (χ0n) is 56.1. The lowest BCUT2D eigenvalue weighted by Gasteiger charge is -2.40. The molecule has 24 heteroatoms. The molecular weight excluding hydrogens is 1110 g/mol. The summed E-state index contributed by atoms with van der Waals surface area (Å²) in [6.45, 7) is 29.0. The van der Waals surface area contributed by atoms with Gasteiger partial charge in [0.25, 0.3) is 5.91 Å². The van der Waals surface area contributed by atoms with Crippen molar-refractivity contribution in [3.8, 4) is 0 Å². The predicted octanol–water partition coefficient (Wildman–Crippen LogP) is 3.00. The Bertz CT molecular complexity index is 2330. The van der Waals surface area contributed by atoms with Crippen molar-refractivity contribution in [2.24, 2.45) is 47.3 Å². The minimum atomic E-state index is -1.74. The van der Waals surface area contributed by atoms with E-state index in [2.05, 4.69) is 21.3 Å². The largest absolute Gasteiger partial charge is 0.450 e. The zero-order valence-corrected chi connectivity index (χ0v) is 56.1. The number of hydrogen-bond acceptors (Lipinski definition) is 14. The van der Waals surface area contributed by atoms with Gasteiger partial charge in [-0.3, -0.25) is 47.9 Å². The van der Waals surface area contributed by atoms with Gasteiger partial charge in [0.15, 0.2) is 6.10 Å². The van der Waals surface area contributed by atoms with Crippen molar-refractivity contribution >= 4 is 71.3 Å². The Morgan fingerprint density at radius 2 is 0.860 bits per heavy atom. The molecule has 5 N–H and O–H groups in total. The Labute approximate surface area is 513 Å². The van der Waals surface area contributed by atoms with E-state index in [-0.39, 0.29) is 74.5 Å². The summed E-state index contributed by atoms with van der Waals surface area (Å²) < 4.78 is 5.88. The summed E-state index contributed by atoms with van der Waals surface area (Å²) in [6.07, 6.45) is -2.27. The summed E-state index contributed by atoms with van der Waals surface area (Å²) in [7, 11) is 8.19. The molecule has 1 saturated heterocycles. The van der Waals surface area contributed by atoms with Crippen LogP contribution in [0.15, 0.2) is 0 Å². The molecule has 0 aromatic carbocycles. The van der Waals surface area contributed by atoms with Crippen LogP contribution in [0.5, 0.6) is 0 Å². The van der Waals surface area contributed by atoms with E-state index in [0.29, 0.717) is 6.29 Å². The van der Waals surface area contributed by atoms with Crippen LogP contribution in [-0.4, -0.2) is 221 Å². The summed E-state index contributed by atoms with van der Waals surface area (Å²) in [5.74, 6) is -11.4. The van der Waals surface area contributed by atoms with Gasteiger partial charge in [0, 0.05) is 48.7 Å². The fraction of sp³-hybridized carbons (Fsp3) is 0.806. The molecule has 1 rings (SSSR count). The number of aliphatic hydroxyl groups excluding tert-OH is 1. The number of carbonyl (C=O) groups is 12. The first-order valence-electron chi connectivity index (χ1n) is 30.8. The number of nitrogens with zero attached hydrogens (tertiary/aromatic N) is 6. The molecule has 1 fully saturated rings. The smallest absolute Gasteiger partial charge is 0.329 e. The number of hydrogen-bond donors (Lipinski definition) is 5. The van der Waals surface area contributed by atoms with E-state index in [1.54, 1.807) is 34.6 Å². The van der Waals surface area contributed by atoms with Gasteiger partial charge in [-0.25, -0.2) is 4.79 Å². The molecule has 0 radical (unpaired) electrons. The van der Waals surface area contributed by atoms with Crippen molar-refractivity contribution in [1.82, 2.24) is 50.7 Å². The molecule has 1 aliphatic rings. The number of aliphatic hydroxyl groups is 1. The first kappa shape index (κ1) is 77.8. The Morgan fingerprint density at radius 1 is 0.477 bits per heavy atom. The summed E-state index contributed by atoms with van der Waals surface area (Å²) in [6, 6.07) is -11.8. The standard InChI is InChI=1S/C62H110N10O14/c1-24-42-57(80)67(18)32-48(74)68(19)45(29-35(6)7)54(77)65-43(27-33(2)3)58(81)69(20)46(30-36(8)9)53(76)63-41(17)62(85)86-52(39(14)15)61(84)70(21)47(31-37(10)11)55(78)66-44(28-34(4)5)59(82)71(22)49(38(12)13)60(83)72(23)50(56(79)64-42)51(75)40(16)25-26-73/h26,33-47,49-52,75H,24-25,27-32H2,1-23H3,(H,63,76)(H,64,79)(H,65,77)(H,66,78)/t40-,41-,42-,43-,44-,45+,46-,47-,49-,50-,51-,52+/m1/s1. The zero-order chi connectivity index (χ0) is 66.7. The van der Waals surface area contributed by atoms with Crippen molar-refractivity contribution in [3.63, 3.8) is 0 Å². The third-order valence-electron chi connectivity index (χ3n) is 15.8. The van der Waals surface area contributed by atoms with Gasteiger partial charge in [0.2, 0.25) is 53.2 Å². The Kier molecular flexibility index (Phi) is 32.2. The molecule has 0 bridgehead atoms. The second-order valence-corrected chi connectivity index (χ2v) is 26.6. The van der Waals surface area contributed by atoms with E-state index in [0.717, 1.165) is 9.80 Å². The molecule has 10 amide bonds. The van der Waals surface area contributed by atoms with Crippen LogP contribution in [0, 0.1) is 47.3 Å². The van der Waals surface area contributed by atoms with Crippen LogP contribution in [0.1, 0.15) is 163 Å². The fourth-order valence-electron chi connectivity index (χ4n) is 10.6. The number of esters is 1. The number of nitrogens with one attached hydrogen (secondary N) is 4. The first-order valence-corrected chi connectivity index (χ1v) is 30.8. The normalized spacial score (nSPS) is 26.5. The number of likely N-dealkylation sites (N-methyl/N-ethyl adjacent to an activating group) is 6. The van der Waals surface area contributed by atoms with Gasteiger partial charge >= 0.3 is 5.97 Å². The molecule has 0 spiro atoms. The second-order valence-electron chi connectivity index (χ2n) is 26.6. The van der Waals surface area contributed by atoms with Crippen LogP contribution in [0.3, 0.4) is 0 Å². The lowest BCUT2D eigenvalue weighted by molar-refractivity contribution is -0.166. The molecule has 0 aliphatic carbocycles. The number of ether oxygens (including phenoxy) is 1. The van der Waals surface area contributed by atoms with E-state index < -0.39 is 156 Å². The van der Waals surface area contributed by atoms with Crippen LogP contribution in [-0.2, 0) is 62.3 Å². The van der Waals surface area contributed by atoms with E-state index in [4.69, 9.17) is 4.74 Å². The van der Waals surface area contributed by atoms with Crippen LogP contribution in [0.2, 0.25) is 0 Å². The topological polar surface area (TPSA) is 302 Å². The van der Waals surface area contributed by atoms with Gasteiger partial charge < -0.3 is 65.3 Å². The number of carbonyl (C=O) groups excluding carboxylic acids is 12. The number of rotatable bonds is 17. The van der Waals surface area contributed by atoms with Gasteiger partial charge in [-0.1, -0.05) is 111 Å². The van der Waals surface area contributed by atoms with Crippen molar-refractivity contribution in [3.05, 3.63) is 0 Å². The van der Waals surface area contributed by atoms with Gasteiger partial charge in [0.05, 0.1) is 12.6 Å².